The Hall–Kier alpha value is -4.11. The van der Waals surface area contributed by atoms with Gasteiger partial charge < -0.3 is 27.0 Å². The summed E-state index contributed by atoms with van der Waals surface area (Å²) in [4.78, 5) is 9.83. The molecule has 0 atom stereocenters. The van der Waals surface area contributed by atoms with Crippen molar-refractivity contribution in [2.45, 2.75) is 128 Å². The fourth-order valence-corrected chi connectivity index (χ4v) is 14.5. The third kappa shape index (κ3) is 18.7. The summed E-state index contributed by atoms with van der Waals surface area (Å²) in [6, 6.07) is 31.1. The molecule has 2 heterocycles. The monoisotopic (exact) mass is 1340 g/mol. The van der Waals surface area contributed by atoms with Gasteiger partial charge in [0.15, 0.2) is 0 Å². The van der Waals surface area contributed by atoms with E-state index in [2.05, 4.69) is 199 Å². The zero-order chi connectivity index (χ0) is 58.6. The molecule has 9 nitrogen and oxygen atoms in total. The van der Waals surface area contributed by atoms with Gasteiger partial charge >= 0.3 is 224 Å². The predicted octanol–water partition coefficient (Wildman–Crippen LogP) is 15.8. The fraction of sp³-hybridized carbons (Fsp3) is 0.369. The number of halogens is 3. The Kier molecular flexibility index (Phi) is 26.5. The van der Waals surface area contributed by atoms with Gasteiger partial charge in [-0.15, -0.1) is 0 Å². The van der Waals surface area contributed by atoms with Crippen LogP contribution in [0.3, 0.4) is 0 Å². The Labute approximate surface area is 507 Å². The number of benzene rings is 6. The first-order chi connectivity index (χ1) is 37.1. The molecule has 2 aliphatic rings. The van der Waals surface area contributed by atoms with Crippen LogP contribution in [0.4, 0.5) is 22.7 Å². The van der Waals surface area contributed by atoms with E-state index < -0.39 is 23.5 Å². The molecule has 0 spiro atoms. The van der Waals surface area contributed by atoms with Crippen LogP contribution in [0.25, 0.3) is 0 Å². The van der Waals surface area contributed by atoms with Gasteiger partial charge in [-0.1, -0.05) is 70.8 Å². The van der Waals surface area contributed by atoms with Gasteiger partial charge in [0.2, 0.25) is 0 Å². The van der Waals surface area contributed by atoms with E-state index in [1.807, 2.05) is 32.0 Å². The van der Waals surface area contributed by atoms with E-state index >= 15 is 0 Å². The molecule has 6 aromatic rings. The third-order valence-electron chi connectivity index (χ3n) is 13.3. The Morgan fingerprint density at radius 3 is 1.12 bits per heavy atom. The first-order valence-corrected chi connectivity index (χ1v) is 36.8. The average Bonchev–Trinajstić information content (AvgIpc) is 4.00. The predicted molar refractivity (Wildman–Crippen MR) is 342 cm³/mol. The van der Waals surface area contributed by atoms with Gasteiger partial charge in [-0.25, -0.2) is 0 Å². The summed E-state index contributed by atoms with van der Waals surface area (Å²) in [5.74, 6) is 1.75. The number of rotatable bonds is 12. The fourth-order valence-electron chi connectivity index (χ4n) is 10.7. The van der Waals surface area contributed by atoms with Crippen molar-refractivity contribution in [1.29, 1.82) is 0 Å². The second kappa shape index (κ2) is 31.0. The summed E-state index contributed by atoms with van der Waals surface area (Å²) in [5, 5.41) is 0. The number of ether oxygens (including phenoxy) is 2. The smallest absolute Gasteiger partial charge is 0.0146 e. The van der Waals surface area contributed by atoms with Crippen molar-refractivity contribution < 1.29 is 47.1 Å². The summed E-state index contributed by atoms with van der Waals surface area (Å²) in [5.41, 5.74) is 23.5. The number of para-hydroxylation sites is 1. The quantitative estimate of drug-likeness (QED) is 0.0690. The number of hydrogen-bond donors (Lipinski definition) is 0. The van der Waals surface area contributed by atoms with Crippen LogP contribution in [0.15, 0.2) is 95.9 Å². The molecular formula is C65H88Cl3N5O4Ru2S-. The normalized spacial score (nSPS) is 13.5. The molecule has 15 heteroatoms. The number of sulfonamides is 1. The van der Waals surface area contributed by atoms with Crippen LogP contribution < -0.4 is 19.6 Å². The molecule has 2 aliphatic heterocycles. The minimum absolute atomic E-state index is 0. The summed E-state index contributed by atoms with van der Waals surface area (Å²) < 4.78 is 38.2. The van der Waals surface area contributed by atoms with Gasteiger partial charge in [-0.2, -0.15) is 13.3 Å². The second-order valence-electron chi connectivity index (χ2n) is 21.5. The van der Waals surface area contributed by atoms with E-state index in [0.29, 0.717) is 17.4 Å². The van der Waals surface area contributed by atoms with Crippen LogP contribution >= 0.6 is 29.1 Å². The molecule has 80 heavy (non-hydrogen) atoms. The maximum absolute atomic E-state index is 12.1. The maximum Gasteiger partial charge on any atom is 0.0146 e. The van der Waals surface area contributed by atoms with Gasteiger partial charge in [0, 0.05) is 48.9 Å². The summed E-state index contributed by atoms with van der Waals surface area (Å²) in [7, 11) is 17.0. The summed E-state index contributed by atoms with van der Waals surface area (Å²) in [6.45, 7) is 43.2. The topological polar surface area (TPSA) is 75.9 Å². The SMILES string of the molecule is CC(C)[OH+]c1ccc(S(=O)(=O)N(C)C)cc1[CH]=[Ru]([Cl])[Cl].CC(C)[OH+]c1ccccc1[CH]=[Ru][Cl].Cc1cc(C)c(N2[CH-]N(c3c(C)cc(C)cc3C)CC2)c(C)c1.Cc1cc(C)c(N2[CH-]N(c3c(C)cc(C)cc3C)CC2)c(C)c1.[CH3-]. The molecule has 0 aliphatic carbocycles. The number of hydrogen-bond acceptors (Lipinski definition) is 6. The van der Waals surface area contributed by atoms with Crippen LogP contribution in [0.1, 0.15) is 106 Å². The van der Waals surface area contributed by atoms with E-state index in [-0.39, 0.29) is 34.1 Å². The molecule has 2 saturated heterocycles. The van der Waals surface area contributed by atoms with Crippen LogP contribution in [-0.2, 0) is 39.2 Å². The summed E-state index contributed by atoms with van der Waals surface area (Å²) in [6.07, 6.45) is 0.436. The van der Waals surface area contributed by atoms with Crippen molar-refractivity contribution in [2.24, 2.45) is 0 Å². The Morgan fingerprint density at radius 1 is 0.525 bits per heavy atom. The first-order valence-electron chi connectivity index (χ1n) is 26.7. The van der Waals surface area contributed by atoms with Crippen molar-refractivity contribution in [3.63, 3.8) is 0 Å². The van der Waals surface area contributed by atoms with Crippen LogP contribution in [0.5, 0.6) is 11.5 Å². The van der Waals surface area contributed by atoms with Crippen molar-refractivity contribution in [2.75, 3.05) is 59.9 Å². The number of aryl methyl sites for hydroxylation is 12. The average molecular weight is 1340 g/mol. The maximum atomic E-state index is 12.1. The van der Waals surface area contributed by atoms with Gasteiger partial charge in [-0.05, 0) is 128 Å². The molecule has 8 rings (SSSR count). The van der Waals surface area contributed by atoms with Crippen molar-refractivity contribution in [1.82, 2.24) is 4.31 Å². The Balaban J connectivity index is 0.000000233. The molecular weight excluding hydrogens is 1260 g/mol. The molecule has 2 N–H and O–H groups in total. The first kappa shape index (κ1) is 68.4. The molecule has 441 valence electrons. The van der Waals surface area contributed by atoms with E-state index in [1.165, 1.54) is 108 Å². The minimum atomic E-state index is -3.48. The zero-order valence-electron chi connectivity index (χ0n) is 50.6. The van der Waals surface area contributed by atoms with Crippen molar-refractivity contribution in [3.8, 4) is 11.5 Å². The molecule has 0 radical (unpaired) electrons. The molecule has 0 unspecified atom stereocenters. The zero-order valence-corrected chi connectivity index (χ0v) is 57.2. The molecule has 0 saturated carbocycles. The number of aromatic hydroxyl groups is 2. The van der Waals surface area contributed by atoms with Gasteiger partial charge in [0.05, 0.1) is 0 Å². The minimum Gasteiger partial charge on any atom is -0.502 e. The van der Waals surface area contributed by atoms with Crippen LogP contribution in [0, 0.1) is 104 Å². The molecule has 0 amide bonds. The van der Waals surface area contributed by atoms with Gasteiger partial charge in [0.25, 0.3) is 0 Å². The summed E-state index contributed by atoms with van der Waals surface area (Å²) >= 11 is -2.23. The number of nitrogens with zero attached hydrogens (tertiary/aromatic N) is 5. The Bertz CT molecular complexity index is 2900. The second-order valence-corrected chi connectivity index (χ2v) is 31.2. The van der Waals surface area contributed by atoms with Gasteiger partial charge in [0.1, 0.15) is 0 Å². The van der Waals surface area contributed by atoms with E-state index in [4.69, 9.17) is 29.1 Å². The van der Waals surface area contributed by atoms with E-state index in [1.54, 1.807) is 22.8 Å². The Morgan fingerprint density at radius 2 is 0.838 bits per heavy atom. The van der Waals surface area contributed by atoms with Gasteiger partial charge in [-0.3, -0.25) is 0 Å². The molecule has 2 fully saturated rings. The van der Waals surface area contributed by atoms with Crippen molar-refractivity contribution >= 4 is 71.1 Å². The van der Waals surface area contributed by atoms with E-state index in [0.717, 1.165) is 37.5 Å². The number of aliphatic hydroxyl groups is 2. The largest absolute Gasteiger partial charge is 0.502 e. The molecule has 0 bridgehead atoms. The standard InChI is InChI=1S/2C21H27N2.C12H17NO3S.C10H12O.CH3.3ClH.2Ru/c2*1-14-9-16(3)20(17(4)10-14)22-7-8-23(13-22)21-18(5)11-15(2)12-19(21)6;1-9(2)16-12-7-6-11(8-10(12)3)17(14,15)13(4)5;1-8(2)11-10-7-5-4-6-9(10)3;;;;;;/h2*9-13H,7-8H2,1-6H3;3,6-9H,1-2,4-5H3;3-8H,1-2H3;1H3;3*1H;;/q2*-1;;;-1;;;;+1;+2/p-1. The molecule has 6 aromatic carbocycles. The molecule has 0 aromatic heterocycles. The van der Waals surface area contributed by atoms with Crippen LogP contribution in [0.2, 0.25) is 0 Å². The third-order valence-corrected chi connectivity index (χ3v) is 18.1. The van der Waals surface area contributed by atoms with Crippen LogP contribution in [-0.4, -0.2) is 83.9 Å². The number of anilines is 4. The van der Waals surface area contributed by atoms with E-state index in [9.17, 15) is 8.42 Å². The van der Waals surface area contributed by atoms with Crippen molar-refractivity contribution in [3.05, 3.63) is 190 Å².